The molecule has 7 nitrogen and oxygen atoms in total. The van der Waals surface area contributed by atoms with E-state index >= 15 is 0 Å². The lowest BCUT2D eigenvalue weighted by Crippen LogP contribution is -2.22. The van der Waals surface area contributed by atoms with Crippen LogP contribution in [0.1, 0.15) is 40.3 Å². The van der Waals surface area contributed by atoms with Gasteiger partial charge in [0.25, 0.3) is 15.9 Å². The van der Waals surface area contributed by atoms with Crippen molar-refractivity contribution in [3.05, 3.63) is 81.2 Å². The van der Waals surface area contributed by atoms with E-state index in [1.54, 1.807) is 43.3 Å². The lowest BCUT2D eigenvalue weighted by molar-refractivity contribution is 0.0994. The molecule has 0 radical (unpaired) electrons. The SMILES string of the molecule is Cc1c(C(=O)Nc2cccc(Cl)c2Cl)oc2c1/C(=N/NS(=O)(=O)c1ccccc1)CCC2. The minimum atomic E-state index is -3.81. The Labute approximate surface area is 195 Å². The van der Waals surface area contributed by atoms with E-state index in [2.05, 4.69) is 15.2 Å². The van der Waals surface area contributed by atoms with Gasteiger partial charge in [-0.05, 0) is 44.0 Å². The van der Waals surface area contributed by atoms with E-state index in [0.29, 0.717) is 52.6 Å². The first kappa shape index (κ1) is 22.4. The Morgan fingerprint density at radius 2 is 1.81 bits per heavy atom. The van der Waals surface area contributed by atoms with E-state index in [1.807, 2.05) is 0 Å². The summed E-state index contributed by atoms with van der Waals surface area (Å²) in [6, 6.07) is 12.9. The molecule has 166 valence electrons. The summed E-state index contributed by atoms with van der Waals surface area (Å²) in [7, 11) is -3.81. The highest BCUT2D eigenvalue weighted by Crippen LogP contribution is 2.33. The maximum atomic E-state index is 12.9. The molecule has 10 heteroatoms. The van der Waals surface area contributed by atoms with Crippen molar-refractivity contribution >= 4 is 50.5 Å². The van der Waals surface area contributed by atoms with Gasteiger partial charge in [0.15, 0.2) is 5.76 Å². The van der Waals surface area contributed by atoms with E-state index in [0.717, 1.165) is 0 Å². The second-order valence-corrected chi connectivity index (χ2v) is 9.68. The fraction of sp³-hybridized carbons (Fsp3) is 0.182. The summed E-state index contributed by atoms with van der Waals surface area (Å²) in [5, 5.41) is 7.42. The number of hydrogen-bond donors (Lipinski definition) is 2. The van der Waals surface area contributed by atoms with Crippen LogP contribution in [0.3, 0.4) is 0 Å². The minimum Gasteiger partial charge on any atom is -0.455 e. The standard InChI is InChI=1S/C22H19Cl2N3O4S/c1-13-19-16(26-27-32(29,30)14-7-3-2-4-8-14)10-6-12-18(19)31-21(13)22(28)25-17-11-5-9-15(23)20(17)24/h2-5,7-9,11,27H,6,10,12H2,1H3,(H,25,28)/b26-16+. The minimum absolute atomic E-state index is 0.114. The fourth-order valence-corrected chi connectivity index (χ4v) is 4.74. The summed E-state index contributed by atoms with van der Waals surface area (Å²) < 4.78 is 30.9. The van der Waals surface area contributed by atoms with Gasteiger partial charge in [0.05, 0.1) is 26.3 Å². The van der Waals surface area contributed by atoms with Gasteiger partial charge in [0.1, 0.15) is 5.76 Å². The van der Waals surface area contributed by atoms with Gasteiger partial charge >= 0.3 is 0 Å². The molecule has 0 aliphatic heterocycles. The molecule has 4 rings (SSSR count). The van der Waals surface area contributed by atoms with Gasteiger partial charge in [-0.25, -0.2) is 0 Å². The van der Waals surface area contributed by atoms with Crippen molar-refractivity contribution < 1.29 is 17.6 Å². The molecule has 1 aliphatic rings. The van der Waals surface area contributed by atoms with E-state index in [4.69, 9.17) is 27.6 Å². The average Bonchev–Trinajstić information content (AvgIpc) is 3.13. The van der Waals surface area contributed by atoms with Crippen LogP contribution in [0, 0.1) is 6.92 Å². The van der Waals surface area contributed by atoms with E-state index < -0.39 is 15.9 Å². The number of furan rings is 1. The Hall–Kier alpha value is -2.81. The second kappa shape index (κ2) is 8.97. The molecule has 1 aromatic heterocycles. The van der Waals surface area contributed by atoms with Crippen molar-refractivity contribution in [2.75, 3.05) is 5.32 Å². The number of nitrogens with one attached hydrogen (secondary N) is 2. The number of fused-ring (bicyclic) bond motifs is 1. The van der Waals surface area contributed by atoms with E-state index in [9.17, 15) is 13.2 Å². The van der Waals surface area contributed by atoms with Gasteiger partial charge in [-0.1, -0.05) is 47.5 Å². The topological polar surface area (TPSA) is 101 Å². The number of hydrogen-bond acceptors (Lipinski definition) is 5. The molecule has 1 amide bonds. The van der Waals surface area contributed by atoms with Crippen molar-refractivity contribution in [2.24, 2.45) is 5.10 Å². The molecule has 0 saturated carbocycles. The number of carbonyl (C=O) groups excluding carboxylic acids is 1. The van der Waals surface area contributed by atoms with Gasteiger partial charge in [-0.2, -0.15) is 18.4 Å². The number of sulfonamides is 1. The Kier molecular flexibility index (Phi) is 6.28. The average molecular weight is 492 g/mol. The van der Waals surface area contributed by atoms with Crippen LogP contribution in [0.5, 0.6) is 0 Å². The zero-order chi connectivity index (χ0) is 22.9. The third kappa shape index (κ3) is 4.39. The van der Waals surface area contributed by atoms with Gasteiger partial charge in [0.2, 0.25) is 0 Å². The summed E-state index contributed by atoms with van der Waals surface area (Å²) in [5.74, 6) is 0.227. The number of halogens is 2. The number of rotatable bonds is 5. The summed E-state index contributed by atoms with van der Waals surface area (Å²) in [6.07, 6.45) is 1.88. The highest BCUT2D eigenvalue weighted by molar-refractivity contribution is 7.89. The quantitative estimate of drug-likeness (QED) is 0.480. The van der Waals surface area contributed by atoms with Crippen LogP contribution in [0.4, 0.5) is 5.69 Å². The maximum Gasteiger partial charge on any atom is 0.291 e. The molecule has 1 aliphatic carbocycles. The number of anilines is 1. The van der Waals surface area contributed by atoms with Crippen LogP contribution >= 0.6 is 23.2 Å². The lowest BCUT2D eigenvalue weighted by atomic mass is 9.93. The fourth-order valence-electron chi connectivity index (χ4n) is 3.54. The molecule has 2 N–H and O–H groups in total. The van der Waals surface area contributed by atoms with Gasteiger partial charge < -0.3 is 9.73 Å². The highest BCUT2D eigenvalue weighted by atomic mass is 35.5. The third-order valence-electron chi connectivity index (χ3n) is 5.09. The van der Waals surface area contributed by atoms with Gasteiger partial charge in [-0.15, -0.1) is 0 Å². The zero-order valence-electron chi connectivity index (χ0n) is 17.0. The molecule has 32 heavy (non-hydrogen) atoms. The molecule has 1 heterocycles. The molecule has 0 spiro atoms. The molecule has 0 bridgehead atoms. The summed E-state index contributed by atoms with van der Waals surface area (Å²) >= 11 is 12.2. The summed E-state index contributed by atoms with van der Waals surface area (Å²) in [4.78, 5) is 15.3. The maximum absolute atomic E-state index is 12.9. The predicted molar refractivity (Wildman–Crippen MR) is 124 cm³/mol. The largest absolute Gasteiger partial charge is 0.455 e. The van der Waals surface area contributed by atoms with E-state index in [-0.39, 0.29) is 15.7 Å². The first-order valence-electron chi connectivity index (χ1n) is 9.79. The van der Waals surface area contributed by atoms with Gasteiger partial charge in [0, 0.05) is 17.5 Å². The number of hydrazone groups is 1. The Balaban J connectivity index is 1.62. The van der Waals surface area contributed by atoms with Crippen molar-refractivity contribution in [1.29, 1.82) is 0 Å². The third-order valence-corrected chi connectivity index (χ3v) is 7.13. The van der Waals surface area contributed by atoms with Gasteiger partial charge in [-0.3, -0.25) is 4.79 Å². The van der Waals surface area contributed by atoms with Crippen molar-refractivity contribution in [1.82, 2.24) is 4.83 Å². The first-order chi connectivity index (χ1) is 15.3. The van der Waals surface area contributed by atoms with Crippen LogP contribution in [0.2, 0.25) is 10.0 Å². The molecule has 0 fully saturated rings. The summed E-state index contributed by atoms with van der Waals surface area (Å²) in [6.45, 7) is 1.74. The molecular weight excluding hydrogens is 473 g/mol. The van der Waals surface area contributed by atoms with E-state index in [1.165, 1.54) is 12.1 Å². The lowest BCUT2D eigenvalue weighted by Gasteiger charge is -2.14. The Bertz CT molecular complexity index is 1320. The predicted octanol–water partition coefficient (Wildman–Crippen LogP) is 5.17. The van der Waals surface area contributed by atoms with Crippen LogP contribution in [0.15, 0.2) is 62.9 Å². The Morgan fingerprint density at radius 3 is 2.56 bits per heavy atom. The second-order valence-electron chi connectivity index (χ2n) is 7.23. The highest BCUT2D eigenvalue weighted by Gasteiger charge is 2.28. The zero-order valence-corrected chi connectivity index (χ0v) is 19.3. The normalized spacial score (nSPS) is 14.8. The van der Waals surface area contributed by atoms with Crippen LogP contribution < -0.4 is 10.1 Å². The van der Waals surface area contributed by atoms with Crippen LogP contribution in [0.25, 0.3) is 0 Å². The van der Waals surface area contributed by atoms with Crippen molar-refractivity contribution in [2.45, 2.75) is 31.1 Å². The summed E-state index contributed by atoms with van der Waals surface area (Å²) in [5.41, 5.74) is 2.11. The molecule has 3 aromatic rings. The molecular formula is C22H19Cl2N3O4S. The molecule has 0 saturated heterocycles. The monoisotopic (exact) mass is 491 g/mol. The molecule has 0 unspecified atom stereocenters. The smallest absolute Gasteiger partial charge is 0.291 e. The number of benzene rings is 2. The number of amides is 1. The first-order valence-corrected chi connectivity index (χ1v) is 12.0. The number of aryl methyl sites for hydroxylation is 1. The van der Waals surface area contributed by atoms with Crippen molar-refractivity contribution in [3.8, 4) is 0 Å². The number of nitrogens with zero attached hydrogens (tertiary/aromatic N) is 1. The van der Waals surface area contributed by atoms with Crippen LogP contribution in [-0.2, 0) is 16.4 Å². The molecule has 0 atom stereocenters. The Morgan fingerprint density at radius 1 is 1.06 bits per heavy atom. The van der Waals surface area contributed by atoms with Crippen LogP contribution in [-0.4, -0.2) is 20.0 Å². The number of carbonyl (C=O) groups is 1. The molecule has 2 aromatic carbocycles. The van der Waals surface area contributed by atoms with Crippen molar-refractivity contribution in [3.63, 3.8) is 0 Å².